The highest BCUT2D eigenvalue weighted by molar-refractivity contribution is 5.81. The zero-order valence-corrected chi connectivity index (χ0v) is 14.8. The number of hydrogen-bond donors (Lipinski definition) is 2. The molecule has 1 aromatic heterocycles. The van der Waals surface area contributed by atoms with Gasteiger partial charge < -0.3 is 10.6 Å². The Labute approximate surface area is 144 Å². The van der Waals surface area contributed by atoms with Crippen LogP contribution in [-0.4, -0.2) is 39.3 Å². The van der Waals surface area contributed by atoms with Crippen LogP contribution in [0, 0.1) is 6.92 Å². The van der Waals surface area contributed by atoms with Gasteiger partial charge in [-0.3, -0.25) is 4.79 Å². The lowest BCUT2D eigenvalue weighted by Gasteiger charge is -2.26. The molecular weight excluding hydrogens is 302 g/mol. The maximum atomic E-state index is 12.3. The molecule has 6 heteroatoms. The number of fused-ring (bicyclic) bond motifs is 1. The van der Waals surface area contributed by atoms with E-state index in [0.717, 1.165) is 44.0 Å². The van der Waals surface area contributed by atoms with Gasteiger partial charge in [-0.1, -0.05) is 11.6 Å². The molecule has 0 saturated heterocycles. The summed E-state index contributed by atoms with van der Waals surface area (Å²) in [6.45, 7) is 5.40. The Hall–Kier alpha value is -1.69. The molecule has 0 bridgehead atoms. The molecule has 2 atom stereocenters. The van der Waals surface area contributed by atoms with Gasteiger partial charge in [0.05, 0.1) is 12.6 Å². The van der Waals surface area contributed by atoms with Crippen molar-refractivity contribution in [1.82, 2.24) is 25.4 Å². The van der Waals surface area contributed by atoms with Gasteiger partial charge in [-0.2, -0.15) is 5.10 Å². The van der Waals surface area contributed by atoms with E-state index in [4.69, 9.17) is 0 Å². The first kappa shape index (κ1) is 17.1. The minimum Gasteiger partial charge on any atom is -0.354 e. The van der Waals surface area contributed by atoms with Crippen LogP contribution in [0.25, 0.3) is 0 Å². The summed E-state index contributed by atoms with van der Waals surface area (Å²) in [4.78, 5) is 16.7. The lowest BCUT2D eigenvalue weighted by Crippen LogP contribution is -2.49. The number of aromatic nitrogens is 3. The average molecular weight is 331 g/mol. The number of aryl methyl sites for hydroxylation is 2. The van der Waals surface area contributed by atoms with Crippen molar-refractivity contribution in [2.45, 2.75) is 77.4 Å². The van der Waals surface area contributed by atoms with Gasteiger partial charge in [0.2, 0.25) is 5.91 Å². The molecule has 2 N–H and O–H groups in total. The second kappa shape index (κ2) is 7.92. The second-order valence-electron chi connectivity index (χ2n) is 7.03. The summed E-state index contributed by atoms with van der Waals surface area (Å²) in [5.74, 6) is 1.98. The molecule has 0 unspecified atom stereocenters. The molecule has 1 amide bonds. The highest BCUT2D eigenvalue weighted by atomic mass is 16.2. The number of amides is 1. The van der Waals surface area contributed by atoms with Crippen LogP contribution in [0.4, 0.5) is 0 Å². The van der Waals surface area contributed by atoms with Crippen LogP contribution >= 0.6 is 0 Å². The number of nitrogens with one attached hydrogen (secondary N) is 2. The summed E-state index contributed by atoms with van der Waals surface area (Å²) in [7, 11) is 0. The predicted octanol–water partition coefficient (Wildman–Crippen LogP) is 1.89. The number of nitrogens with zero attached hydrogens (tertiary/aromatic N) is 3. The van der Waals surface area contributed by atoms with Crippen LogP contribution in [0.5, 0.6) is 0 Å². The molecule has 0 spiro atoms. The fraction of sp³-hybridized carbons (Fsp3) is 0.722. The second-order valence-corrected chi connectivity index (χ2v) is 7.03. The van der Waals surface area contributed by atoms with Crippen LogP contribution < -0.4 is 10.6 Å². The summed E-state index contributed by atoms with van der Waals surface area (Å²) in [6, 6.07) is 0.0990. The molecule has 0 saturated carbocycles. The predicted molar refractivity (Wildman–Crippen MR) is 93.6 cm³/mol. The Morgan fingerprint density at radius 1 is 1.42 bits per heavy atom. The van der Waals surface area contributed by atoms with Crippen molar-refractivity contribution >= 4 is 5.91 Å². The van der Waals surface area contributed by atoms with Gasteiger partial charge in [0.1, 0.15) is 11.6 Å². The van der Waals surface area contributed by atoms with Crippen molar-refractivity contribution in [3.05, 3.63) is 23.3 Å². The van der Waals surface area contributed by atoms with Gasteiger partial charge in [0.25, 0.3) is 0 Å². The molecule has 1 aliphatic carbocycles. The molecule has 0 fully saturated rings. The van der Waals surface area contributed by atoms with Crippen LogP contribution in [-0.2, 0) is 17.8 Å². The largest absolute Gasteiger partial charge is 0.354 e. The van der Waals surface area contributed by atoms with Crippen LogP contribution in [0.2, 0.25) is 0 Å². The maximum absolute atomic E-state index is 12.3. The summed E-state index contributed by atoms with van der Waals surface area (Å²) in [6.07, 6.45) is 10.3. The van der Waals surface area contributed by atoms with E-state index >= 15 is 0 Å². The molecule has 2 heterocycles. The highest BCUT2D eigenvalue weighted by Gasteiger charge is 2.24. The average Bonchev–Trinajstić information content (AvgIpc) is 2.95. The summed E-state index contributed by atoms with van der Waals surface area (Å²) >= 11 is 0. The van der Waals surface area contributed by atoms with E-state index in [0.29, 0.717) is 0 Å². The van der Waals surface area contributed by atoms with Gasteiger partial charge in [0, 0.05) is 19.0 Å². The third kappa shape index (κ3) is 4.44. The smallest absolute Gasteiger partial charge is 0.236 e. The quantitative estimate of drug-likeness (QED) is 0.781. The van der Waals surface area contributed by atoms with Crippen LogP contribution in [0.3, 0.4) is 0 Å². The fourth-order valence-corrected chi connectivity index (χ4v) is 3.63. The summed E-state index contributed by atoms with van der Waals surface area (Å²) in [5.41, 5.74) is 1.50. The Morgan fingerprint density at radius 3 is 3.08 bits per heavy atom. The third-order valence-corrected chi connectivity index (χ3v) is 4.97. The normalized spacial score (nSPS) is 21.8. The Bertz CT molecular complexity index is 607. The first-order valence-corrected chi connectivity index (χ1v) is 9.24. The zero-order chi connectivity index (χ0) is 16.9. The molecule has 6 nitrogen and oxygen atoms in total. The summed E-state index contributed by atoms with van der Waals surface area (Å²) in [5, 5.41) is 10.9. The number of allylic oxidation sites excluding steroid dienone is 1. The standard InChI is InChI=1S/C18H29N5O/c1-13(18(24)19-11-10-15-6-4-3-5-7-15)20-16-8-9-17-21-14(2)22-23(17)12-16/h6,13,16,20H,3-5,7-12H2,1-2H3,(H,19,24)/t13-,16+/m1/s1. The first-order valence-electron chi connectivity index (χ1n) is 9.24. The van der Waals surface area contributed by atoms with Crippen LogP contribution in [0.15, 0.2) is 11.6 Å². The van der Waals surface area contributed by atoms with E-state index in [1.807, 2.05) is 18.5 Å². The van der Waals surface area contributed by atoms with Crippen molar-refractivity contribution in [3.63, 3.8) is 0 Å². The van der Waals surface area contributed by atoms with E-state index in [9.17, 15) is 4.79 Å². The minimum atomic E-state index is -0.179. The number of rotatable bonds is 6. The first-order chi connectivity index (χ1) is 11.6. The van der Waals surface area contributed by atoms with Gasteiger partial charge in [-0.05, 0) is 52.4 Å². The van der Waals surface area contributed by atoms with Gasteiger partial charge >= 0.3 is 0 Å². The minimum absolute atomic E-state index is 0.0898. The Kier molecular flexibility index (Phi) is 5.66. The van der Waals surface area contributed by atoms with E-state index in [1.165, 1.54) is 31.3 Å². The van der Waals surface area contributed by atoms with Crippen molar-refractivity contribution in [1.29, 1.82) is 0 Å². The molecule has 1 aromatic rings. The third-order valence-electron chi connectivity index (χ3n) is 4.97. The molecule has 2 aliphatic rings. The van der Waals surface area contributed by atoms with E-state index in [-0.39, 0.29) is 18.0 Å². The maximum Gasteiger partial charge on any atom is 0.236 e. The molecule has 1 aliphatic heterocycles. The molecule has 0 radical (unpaired) electrons. The monoisotopic (exact) mass is 331 g/mol. The molecule has 3 rings (SSSR count). The molecule has 0 aromatic carbocycles. The Balaban J connectivity index is 1.40. The number of carbonyl (C=O) groups excluding carboxylic acids is 1. The SMILES string of the molecule is Cc1nc2n(n1)C[C@@H](N[C@H](C)C(=O)NCCC1=CCCCC1)CC2. The molecular formula is C18H29N5O. The zero-order valence-electron chi connectivity index (χ0n) is 14.8. The van der Waals surface area contributed by atoms with Gasteiger partial charge in [-0.25, -0.2) is 9.67 Å². The van der Waals surface area contributed by atoms with Crippen molar-refractivity contribution < 1.29 is 4.79 Å². The number of hydrogen-bond acceptors (Lipinski definition) is 4. The van der Waals surface area contributed by atoms with E-state index in [1.54, 1.807) is 0 Å². The van der Waals surface area contributed by atoms with Gasteiger partial charge in [0.15, 0.2) is 0 Å². The van der Waals surface area contributed by atoms with Crippen LogP contribution in [0.1, 0.15) is 57.1 Å². The van der Waals surface area contributed by atoms with E-state index < -0.39 is 0 Å². The van der Waals surface area contributed by atoms with Crippen molar-refractivity contribution in [2.24, 2.45) is 0 Å². The van der Waals surface area contributed by atoms with Gasteiger partial charge in [-0.15, -0.1) is 0 Å². The highest BCUT2D eigenvalue weighted by Crippen LogP contribution is 2.19. The molecule has 24 heavy (non-hydrogen) atoms. The topological polar surface area (TPSA) is 71.8 Å². The molecule has 132 valence electrons. The fourth-order valence-electron chi connectivity index (χ4n) is 3.63. The Morgan fingerprint density at radius 2 is 2.29 bits per heavy atom. The van der Waals surface area contributed by atoms with E-state index in [2.05, 4.69) is 26.8 Å². The van der Waals surface area contributed by atoms with Crippen molar-refractivity contribution in [3.8, 4) is 0 Å². The number of carbonyl (C=O) groups is 1. The summed E-state index contributed by atoms with van der Waals surface area (Å²) < 4.78 is 1.97. The lowest BCUT2D eigenvalue weighted by atomic mass is 9.97. The van der Waals surface area contributed by atoms with Crippen molar-refractivity contribution in [2.75, 3.05) is 6.54 Å². The lowest BCUT2D eigenvalue weighted by molar-refractivity contribution is -0.123.